The van der Waals surface area contributed by atoms with E-state index in [1.165, 1.54) is 12.1 Å². The lowest BCUT2D eigenvalue weighted by Crippen LogP contribution is -2.01. The zero-order valence-electron chi connectivity index (χ0n) is 9.92. The Hall–Kier alpha value is -2.35. The number of aromatic nitrogens is 3. The number of carboxylic acid groups (broad SMARTS) is 2. The summed E-state index contributed by atoms with van der Waals surface area (Å²) in [6.07, 6.45) is -0.154. The maximum atomic E-state index is 10.9. The molecule has 3 N–H and O–H groups in total. The second kappa shape index (κ2) is 4.34. The first-order chi connectivity index (χ1) is 9.47. The minimum atomic E-state index is -1.02. The summed E-state index contributed by atoms with van der Waals surface area (Å²) in [5.74, 6) is -1.51. The summed E-state index contributed by atoms with van der Waals surface area (Å²) in [5, 5.41) is 17.8. The van der Waals surface area contributed by atoms with Crippen molar-refractivity contribution in [1.82, 2.24) is 14.4 Å². The fourth-order valence-corrected chi connectivity index (χ4v) is 2.68. The third-order valence-corrected chi connectivity index (χ3v) is 3.77. The van der Waals surface area contributed by atoms with Gasteiger partial charge in [0, 0.05) is 0 Å². The van der Waals surface area contributed by atoms with Crippen LogP contribution in [-0.2, 0) is 11.2 Å². The Labute approximate surface area is 120 Å². The Bertz CT molecular complexity index is 864. The quantitative estimate of drug-likeness (QED) is 0.676. The smallest absolute Gasteiger partial charge is 0.335 e. The minimum absolute atomic E-state index is 0.153. The number of hydrogen-bond donors (Lipinski definition) is 3. The van der Waals surface area contributed by atoms with Crippen LogP contribution in [0.1, 0.15) is 16.1 Å². The molecule has 0 atom stereocenters. The zero-order chi connectivity index (χ0) is 14.4. The molecule has 0 fully saturated rings. The first-order valence-electron chi connectivity index (χ1n) is 5.61. The Kier molecular flexibility index (Phi) is 2.75. The summed E-state index contributed by atoms with van der Waals surface area (Å²) in [4.78, 5) is 28.9. The van der Waals surface area contributed by atoms with Crippen LogP contribution in [0.4, 0.5) is 0 Å². The number of aromatic amines is 1. The number of carbonyl (C=O) groups is 2. The van der Waals surface area contributed by atoms with Gasteiger partial charge in [0.1, 0.15) is 4.60 Å². The van der Waals surface area contributed by atoms with Gasteiger partial charge in [-0.25, -0.2) is 9.78 Å². The van der Waals surface area contributed by atoms with Crippen molar-refractivity contribution in [3.8, 4) is 0 Å². The van der Waals surface area contributed by atoms with Crippen molar-refractivity contribution >= 4 is 44.7 Å². The van der Waals surface area contributed by atoms with E-state index >= 15 is 0 Å². The van der Waals surface area contributed by atoms with Gasteiger partial charge in [-0.2, -0.15) is 0 Å². The molecule has 0 aliphatic carbocycles. The first-order valence-corrected chi connectivity index (χ1v) is 6.40. The van der Waals surface area contributed by atoms with Crippen molar-refractivity contribution in [2.45, 2.75) is 6.42 Å². The standard InChI is InChI=1S/C12H8BrN3O4/c13-10-7(4-9(17)18)15-12-14-6-3-5(11(19)20)1-2-8(6)16(10)12/h1-3H,4H2,(H,14,15)(H,17,18)(H,19,20). The van der Waals surface area contributed by atoms with Crippen LogP contribution >= 0.6 is 15.9 Å². The van der Waals surface area contributed by atoms with Gasteiger partial charge in [-0.3, -0.25) is 9.20 Å². The number of nitrogens with zero attached hydrogens (tertiary/aromatic N) is 2. The third-order valence-electron chi connectivity index (χ3n) is 2.94. The molecule has 0 radical (unpaired) electrons. The van der Waals surface area contributed by atoms with Gasteiger partial charge in [-0.1, -0.05) is 0 Å². The predicted molar refractivity (Wildman–Crippen MR) is 73.0 cm³/mol. The van der Waals surface area contributed by atoms with Gasteiger partial charge in [-0.05, 0) is 34.1 Å². The molecule has 2 aromatic heterocycles. The van der Waals surface area contributed by atoms with Gasteiger partial charge < -0.3 is 15.2 Å². The van der Waals surface area contributed by atoms with Crippen LogP contribution in [0.15, 0.2) is 22.8 Å². The highest BCUT2D eigenvalue weighted by Gasteiger charge is 2.17. The Balaban J connectivity index is 2.24. The average Bonchev–Trinajstić information content (AvgIpc) is 2.85. The molecule has 0 saturated carbocycles. The first kappa shape index (κ1) is 12.7. The molecule has 0 aliphatic heterocycles. The Morgan fingerprint density at radius 2 is 2.10 bits per heavy atom. The topological polar surface area (TPSA) is 108 Å². The lowest BCUT2D eigenvalue weighted by Gasteiger charge is -1.97. The molecule has 102 valence electrons. The van der Waals surface area contributed by atoms with E-state index in [9.17, 15) is 9.59 Å². The number of hydrogen-bond acceptors (Lipinski definition) is 3. The number of halogens is 1. The SMILES string of the molecule is O=C(O)Cc1[nH]c2nc3cc(C(=O)O)ccc3n2c1Br. The summed E-state index contributed by atoms with van der Waals surface area (Å²) in [7, 11) is 0. The average molecular weight is 338 g/mol. The van der Waals surface area contributed by atoms with E-state index in [1.54, 1.807) is 10.5 Å². The molecule has 3 aromatic rings. The second-order valence-electron chi connectivity index (χ2n) is 4.24. The van der Waals surface area contributed by atoms with Crippen LogP contribution in [-0.4, -0.2) is 36.5 Å². The highest BCUT2D eigenvalue weighted by Crippen LogP contribution is 2.25. The molecule has 0 saturated heterocycles. The summed E-state index contributed by atoms with van der Waals surface area (Å²) >= 11 is 3.34. The van der Waals surface area contributed by atoms with E-state index in [-0.39, 0.29) is 12.0 Å². The second-order valence-corrected chi connectivity index (χ2v) is 5.00. The highest BCUT2D eigenvalue weighted by molar-refractivity contribution is 9.10. The zero-order valence-corrected chi connectivity index (χ0v) is 11.5. The summed E-state index contributed by atoms with van der Waals surface area (Å²) < 4.78 is 2.28. The number of rotatable bonds is 3. The maximum absolute atomic E-state index is 10.9. The minimum Gasteiger partial charge on any atom is -0.481 e. The van der Waals surface area contributed by atoms with Gasteiger partial charge in [0.2, 0.25) is 5.78 Å². The molecule has 1 aromatic carbocycles. The number of imidazole rings is 2. The van der Waals surface area contributed by atoms with E-state index in [4.69, 9.17) is 10.2 Å². The van der Waals surface area contributed by atoms with Crippen LogP contribution in [0.3, 0.4) is 0 Å². The number of benzene rings is 1. The van der Waals surface area contributed by atoms with Crippen molar-refractivity contribution in [3.05, 3.63) is 34.1 Å². The molecular weight excluding hydrogens is 330 g/mol. The highest BCUT2D eigenvalue weighted by atomic mass is 79.9. The van der Waals surface area contributed by atoms with Crippen LogP contribution in [0.25, 0.3) is 16.8 Å². The van der Waals surface area contributed by atoms with E-state index in [1.807, 2.05) is 0 Å². The fraction of sp³-hybridized carbons (Fsp3) is 0.0833. The molecule has 0 spiro atoms. The van der Waals surface area contributed by atoms with E-state index in [0.29, 0.717) is 27.1 Å². The molecule has 0 amide bonds. The lowest BCUT2D eigenvalue weighted by atomic mass is 10.2. The fourth-order valence-electron chi connectivity index (χ4n) is 2.09. The van der Waals surface area contributed by atoms with Crippen LogP contribution in [0.2, 0.25) is 0 Å². The third kappa shape index (κ3) is 1.85. The van der Waals surface area contributed by atoms with Crippen molar-refractivity contribution in [1.29, 1.82) is 0 Å². The molecule has 2 heterocycles. The summed E-state index contributed by atoms with van der Waals surface area (Å²) in [5.41, 5.74) is 1.88. The molecule has 0 aliphatic rings. The Morgan fingerprint density at radius 3 is 2.75 bits per heavy atom. The molecule has 0 bridgehead atoms. The van der Waals surface area contributed by atoms with Gasteiger partial charge >= 0.3 is 11.9 Å². The molecule has 7 nitrogen and oxygen atoms in total. The van der Waals surface area contributed by atoms with E-state index < -0.39 is 11.9 Å². The molecule has 0 unspecified atom stereocenters. The van der Waals surface area contributed by atoms with Gasteiger partial charge in [-0.15, -0.1) is 0 Å². The van der Waals surface area contributed by atoms with Crippen molar-refractivity contribution < 1.29 is 19.8 Å². The summed E-state index contributed by atoms with van der Waals surface area (Å²) in [6, 6.07) is 4.60. The van der Waals surface area contributed by atoms with Crippen LogP contribution < -0.4 is 0 Å². The normalized spacial score (nSPS) is 11.2. The van der Waals surface area contributed by atoms with Crippen molar-refractivity contribution in [2.75, 3.05) is 0 Å². The van der Waals surface area contributed by atoms with Crippen LogP contribution in [0, 0.1) is 0 Å². The van der Waals surface area contributed by atoms with Crippen LogP contribution in [0.5, 0.6) is 0 Å². The number of H-pyrrole nitrogens is 1. The predicted octanol–water partition coefficient (Wildman–Crippen LogP) is 1.90. The maximum Gasteiger partial charge on any atom is 0.335 e. The lowest BCUT2D eigenvalue weighted by molar-refractivity contribution is -0.136. The van der Waals surface area contributed by atoms with Gasteiger partial charge in [0.25, 0.3) is 0 Å². The number of aromatic carboxylic acids is 1. The molecule has 3 rings (SSSR count). The number of nitrogens with one attached hydrogen (secondary N) is 1. The number of carboxylic acids is 2. The molecule has 20 heavy (non-hydrogen) atoms. The van der Waals surface area contributed by atoms with Crippen molar-refractivity contribution in [3.63, 3.8) is 0 Å². The van der Waals surface area contributed by atoms with Gasteiger partial charge in [0.15, 0.2) is 0 Å². The summed E-state index contributed by atoms with van der Waals surface area (Å²) in [6.45, 7) is 0. The largest absolute Gasteiger partial charge is 0.481 e. The van der Waals surface area contributed by atoms with Gasteiger partial charge in [0.05, 0.1) is 28.7 Å². The molecule has 8 heteroatoms. The monoisotopic (exact) mass is 337 g/mol. The number of fused-ring (bicyclic) bond motifs is 3. The van der Waals surface area contributed by atoms with E-state index in [2.05, 4.69) is 25.9 Å². The van der Waals surface area contributed by atoms with Crippen molar-refractivity contribution in [2.24, 2.45) is 0 Å². The number of aliphatic carboxylic acids is 1. The molecular formula is C12H8BrN3O4. The van der Waals surface area contributed by atoms with E-state index in [0.717, 1.165) is 0 Å². The Morgan fingerprint density at radius 1 is 1.35 bits per heavy atom.